The van der Waals surface area contributed by atoms with E-state index in [1.54, 1.807) is 0 Å². The van der Waals surface area contributed by atoms with E-state index in [-0.39, 0.29) is 16.4 Å². The normalized spacial score (nSPS) is 11.9. The average Bonchev–Trinajstić information content (AvgIpc) is 3.12. The fourth-order valence-corrected chi connectivity index (χ4v) is 5.32. The molecule has 0 aliphatic heterocycles. The molecule has 8 heteroatoms. The van der Waals surface area contributed by atoms with E-state index < -0.39 is 9.84 Å². The Balaban J connectivity index is 1.27. The molecule has 162 valence electrons. The summed E-state index contributed by atoms with van der Waals surface area (Å²) < 4.78 is 30.9. The third-order valence-corrected chi connectivity index (χ3v) is 7.52. The Morgan fingerprint density at radius 2 is 1.77 bits per heavy atom. The number of fused-ring (bicyclic) bond motifs is 1. The van der Waals surface area contributed by atoms with Crippen molar-refractivity contribution in [2.45, 2.75) is 19.3 Å². The first-order valence-corrected chi connectivity index (χ1v) is 12.8. The van der Waals surface area contributed by atoms with Crippen LogP contribution in [0.3, 0.4) is 0 Å². The molecule has 1 heterocycles. The van der Waals surface area contributed by atoms with Crippen molar-refractivity contribution in [3.63, 3.8) is 0 Å². The van der Waals surface area contributed by atoms with Crippen molar-refractivity contribution in [1.29, 1.82) is 0 Å². The zero-order chi connectivity index (χ0) is 21.2. The number of hydrogen-bond acceptors (Lipinski definition) is 6. The maximum absolute atomic E-state index is 12.2. The summed E-state index contributed by atoms with van der Waals surface area (Å²) in [5.41, 5.74) is 3.17. The number of rotatable bonds is 13. The van der Waals surface area contributed by atoms with E-state index in [1.165, 1.54) is 16.9 Å². The molecule has 2 aromatic carbocycles. The van der Waals surface area contributed by atoms with Crippen LogP contribution in [0.15, 0.2) is 53.3 Å². The number of sulfone groups is 1. The van der Waals surface area contributed by atoms with Gasteiger partial charge in [0.25, 0.3) is 0 Å². The van der Waals surface area contributed by atoms with Crippen molar-refractivity contribution in [3.05, 3.63) is 69.3 Å². The Bertz CT molecular complexity index is 1080. The lowest BCUT2D eigenvalue weighted by Crippen LogP contribution is -2.26. The highest BCUT2D eigenvalue weighted by Crippen LogP contribution is 2.19. The number of H-pyrrole nitrogens is 1. The fraction of sp³-hybridized carbons (Fsp3) is 0.409. The van der Waals surface area contributed by atoms with Crippen LogP contribution in [-0.2, 0) is 27.4 Å². The monoisotopic (exact) mass is 448 g/mol. The van der Waals surface area contributed by atoms with Crippen molar-refractivity contribution in [2.24, 2.45) is 0 Å². The molecule has 3 rings (SSSR count). The van der Waals surface area contributed by atoms with Gasteiger partial charge in [0.1, 0.15) is 0 Å². The molecule has 30 heavy (non-hydrogen) atoms. The molecule has 0 spiro atoms. The van der Waals surface area contributed by atoms with Crippen LogP contribution in [0.1, 0.15) is 17.5 Å². The Morgan fingerprint density at radius 1 is 0.933 bits per heavy atom. The minimum Gasteiger partial charge on any atom is -0.381 e. The second-order valence-electron chi connectivity index (χ2n) is 7.16. The van der Waals surface area contributed by atoms with Crippen LogP contribution in [0.4, 0.5) is 0 Å². The molecule has 0 fully saturated rings. The van der Waals surface area contributed by atoms with Crippen LogP contribution in [0.2, 0.25) is 0 Å². The van der Waals surface area contributed by atoms with Crippen LogP contribution < -0.4 is 10.2 Å². The number of benzene rings is 2. The minimum absolute atomic E-state index is 0.0550. The molecule has 0 saturated carbocycles. The fourth-order valence-electron chi connectivity index (χ4n) is 3.22. The SMILES string of the molecule is O=c1[nH]c2cccc(CCNCCS(=O)(=O)CCCOCCc3ccccc3)c2s1. The van der Waals surface area contributed by atoms with Crippen molar-refractivity contribution < 1.29 is 13.2 Å². The molecule has 0 atom stereocenters. The zero-order valence-corrected chi connectivity index (χ0v) is 18.6. The molecule has 0 radical (unpaired) electrons. The smallest absolute Gasteiger partial charge is 0.305 e. The number of aromatic amines is 1. The van der Waals surface area contributed by atoms with Gasteiger partial charge in [-0.25, -0.2) is 8.42 Å². The van der Waals surface area contributed by atoms with Crippen molar-refractivity contribution >= 4 is 31.4 Å². The van der Waals surface area contributed by atoms with Gasteiger partial charge in [-0.3, -0.25) is 4.79 Å². The van der Waals surface area contributed by atoms with Crippen molar-refractivity contribution in [1.82, 2.24) is 10.3 Å². The summed E-state index contributed by atoms with van der Waals surface area (Å²) in [4.78, 5) is 14.3. The van der Waals surface area contributed by atoms with Gasteiger partial charge in [0.15, 0.2) is 9.84 Å². The quantitative estimate of drug-likeness (QED) is 0.393. The third kappa shape index (κ3) is 7.36. The van der Waals surface area contributed by atoms with Gasteiger partial charge < -0.3 is 15.0 Å². The van der Waals surface area contributed by atoms with Gasteiger partial charge >= 0.3 is 4.87 Å². The summed E-state index contributed by atoms with van der Waals surface area (Å²) in [7, 11) is -3.08. The van der Waals surface area contributed by atoms with Crippen molar-refractivity contribution in [2.75, 3.05) is 37.8 Å². The second-order valence-corrected chi connectivity index (χ2v) is 10.4. The van der Waals surface area contributed by atoms with E-state index in [2.05, 4.69) is 22.4 Å². The van der Waals surface area contributed by atoms with Gasteiger partial charge in [-0.1, -0.05) is 53.8 Å². The first-order valence-electron chi connectivity index (χ1n) is 10.2. The first-order chi connectivity index (χ1) is 14.5. The number of nitrogens with one attached hydrogen (secondary N) is 2. The van der Waals surface area contributed by atoms with Gasteiger partial charge in [0.05, 0.1) is 28.3 Å². The molecule has 0 saturated heterocycles. The largest absolute Gasteiger partial charge is 0.381 e. The van der Waals surface area contributed by atoms with Crippen LogP contribution in [0.5, 0.6) is 0 Å². The topological polar surface area (TPSA) is 88.3 Å². The molecular weight excluding hydrogens is 420 g/mol. The van der Waals surface area contributed by atoms with Crippen molar-refractivity contribution in [3.8, 4) is 0 Å². The third-order valence-electron chi connectivity index (χ3n) is 4.81. The van der Waals surface area contributed by atoms with Gasteiger partial charge in [-0.05, 0) is 43.0 Å². The second kappa shape index (κ2) is 11.4. The lowest BCUT2D eigenvalue weighted by atomic mass is 10.1. The highest BCUT2D eigenvalue weighted by molar-refractivity contribution is 7.91. The van der Waals surface area contributed by atoms with Gasteiger partial charge in [-0.2, -0.15) is 0 Å². The average molecular weight is 449 g/mol. The van der Waals surface area contributed by atoms with Crippen LogP contribution >= 0.6 is 11.3 Å². The van der Waals surface area contributed by atoms with E-state index in [0.717, 1.165) is 28.6 Å². The predicted molar refractivity (Wildman–Crippen MR) is 123 cm³/mol. The standard InChI is InChI=1S/C22H28N2O4S2/c25-22-24-20-9-4-8-19(21(20)29-22)10-12-23-13-17-30(26,27)16-5-14-28-15-11-18-6-2-1-3-7-18/h1-4,6-9,23H,5,10-17H2,(H,24,25). The predicted octanol–water partition coefficient (Wildman–Crippen LogP) is 2.79. The highest BCUT2D eigenvalue weighted by Gasteiger charge is 2.10. The molecule has 0 unspecified atom stereocenters. The maximum atomic E-state index is 12.2. The number of ether oxygens (including phenoxy) is 1. The van der Waals surface area contributed by atoms with E-state index in [4.69, 9.17) is 4.74 Å². The first kappa shape index (κ1) is 22.7. The lowest BCUT2D eigenvalue weighted by Gasteiger charge is -2.08. The minimum atomic E-state index is -3.08. The van der Waals surface area contributed by atoms with Gasteiger partial charge in [0.2, 0.25) is 0 Å². The maximum Gasteiger partial charge on any atom is 0.305 e. The van der Waals surface area contributed by atoms with Gasteiger partial charge in [0, 0.05) is 13.2 Å². The Hall–Kier alpha value is -2.00. The van der Waals surface area contributed by atoms with E-state index in [9.17, 15) is 13.2 Å². The lowest BCUT2D eigenvalue weighted by molar-refractivity contribution is 0.138. The van der Waals surface area contributed by atoms with E-state index >= 15 is 0 Å². The Morgan fingerprint density at radius 3 is 2.60 bits per heavy atom. The highest BCUT2D eigenvalue weighted by atomic mass is 32.2. The molecule has 2 N–H and O–H groups in total. The van der Waals surface area contributed by atoms with Crippen LogP contribution in [0.25, 0.3) is 10.2 Å². The molecule has 0 amide bonds. The number of thiazole rings is 1. The van der Waals surface area contributed by atoms with E-state index in [1.807, 2.05) is 36.4 Å². The summed E-state index contributed by atoms with van der Waals surface area (Å²) >= 11 is 1.21. The molecule has 0 aliphatic rings. The van der Waals surface area contributed by atoms with E-state index in [0.29, 0.717) is 32.7 Å². The molecule has 1 aromatic heterocycles. The summed E-state index contributed by atoms with van der Waals surface area (Å²) in [6.45, 7) is 2.16. The molecule has 0 bridgehead atoms. The number of aromatic nitrogens is 1. The summed E-state index contributed by atoms with van der Waals surface area (Å²) in [5.74, 6) is 0.273. The summed E-state index contributed by atoms with van der Waals surface area (Å²) in [6.07, 6.45) is 2.11. The number of hydrogen-bond donors (Lipinski definition) is 2. The summed E-state index contributed by atoms with van der Waals surface area (Å²) in [5, 5.41) is 3.20. The van der Waals surface area contributed by atoms with Gasteiger partial charge in [-0.15, -0.1) is 0 Å². The molecule has 6 nitrogen and oxygen atoms in total. The molecule has 3 aromatic rings. The Kier molecular flexibility index (Phi) is 8.62. The molecular formula is C22H28N2O4S2. The Labute approximate surface area is 181 Å². The zero-order valence-electron chi connectivity index (χ0n) is 16.9. The van der Waals surface area contributed by atoms with Crippen LogP contribution in [0, 0.1) is 0 Å². The van der Waals surface area contributed by atoms with Crippen LogP contribution in [-0.4, -0.2) is 51.2 Å². The molecule has 0 aliphatic carbocycles. The summed E-state index contributed by atoms with van der Waals surface area (Å²) in [6, 6.07) is 15.9.